The molecule has 1 aromatic rings. The maximum absolute atomic E-state index is 11.8. The maximum Gasteiger partial charge on any atom is 0.313 e. The quantitative estimate of drug-likeness (QED) is 0.710. The maximum atomic E-state index is 11.8. The number of carbonyl (C=O) groups excluding carboxylic acids is 1. The van der Waals surface area contributed by atoms with Crippen LogP contribution in [0.3, 0.4) is 0 Å². The zero-order chi connectivity index (χ0) is 12.0. The third kappa shape index (κ3) is 3.69. The van der Waals surface area contributed by atoms with Gasteiger partial charge in [-0.25, -0.2) is 0 Å². The highest BCUT2D eigenvalue weighted by atomic mass is 16.5. The smallest absolute Gasteiger partial charge is 0.313 e. The summed E-state index contributed by atoms with van der Waals surface area (Å²) < 4.78 is 5.37. The van der Waals surface area contributed by atoms with Crippen LogP contribution in [0.25, 0.3) is 0 Å². The van der Waals surface area contributed by atoms with Crippen molar-refractivity contribution in [1.29, 1.82) is 0 Å². The number of benzene rings is 1. The topological polar surface area (TPSA) is 26.3 Å². The fraction of sp³-hybridized carbons (Fsp3) is 0.500. The summed E-state index contributed by atoms with van der Waals surface area (Å²) in [5, 5.41) is 0. The van der Waals surface area contributed by atoms with Crippen molar-refractivity contribution in [2.75, 3.05) is 0 Å². The molecule has 0 fully saturated rings. The van der Waals surface area contributed by atoms with E-state index in [0.29, 0.717) is 0 Å². The molecule has 2 nitrogen and oxygen atoms in total. The minimum atomic E-state index is -0.180. The Balaban J connectivity index is 2.55. The summed E-state index contributed by atoms with van der Waals surface area (Å²) in [6.45, 7) is 5.92. The lowest BCUT2D eigenvalue weighted by atomic mass is 10.0. The van der Waals surface area contributed by atoms with E-state index < -0.39 is 0 Å². The van der Waals surface area contributed by atoms with E-state index in [2.05, 4.69) is 6.92 Å². The van der Waals surface area contributed by atoms with Crippen LogP contribution in [-0.2, 0) is 9.53 Å². The van der Waals surface area contributed by atoms with Gasteiger partial charge in [-0.05, 0) is 25.8 Å². The minimum Gasteiger partial charge on any atom is -0.462 e. The first kappa shape index (κ1) is 12.8. The first-order chi connectivity index (χ1) is 7.65. The van der Waals surface area contributed by atoms with Crippen LogP contribution in [0.1, 0.15) is 45.1 Å². The van der Waals surface area contributed by atoms with E-state index in [1.54, 1.807) is 0 Å². The Morgan fingerprint density at radius 2 is 1.88 bits per heavy atom. The molecule has 1 rings (SSSR count). The lowest BCUT2D eigenvalue weighted by molar-refractivity contribution is -0.149. The second-order valence-corrected chi connectivity index (χ2v) is 4.17. The minimum absolute atomic E-state index is 0.0173. The highest BCUT2D eigenvalue weighted by Gasteiger charge is 2.18. The van der Waals surface area contributed by atoms with Gasteiger partial charge in [-0.2, -0.15) is 0 Å². The first-order valence-corrected chi connectivity index (χ1v) is 5.90. The monoisotopic (exact) mass is 220 g/mol. The molecule has 0 saturated carbocycles. The molecule has 0 aliphatic rings. The van der Waals surface area contributed by atoms with Gasteiger partial charge in [-0.1, -0.05) is 43.7 Å². The van der Waals surface area contributed by atoms with Crippen LogP contribution >= 0.6 is 0 Å². The number of carbonyl (C=O) groups is 1. The number of ether oxygens (including phenoxy) is 1. The molecule has 0 aliphatic carbocycles. The fourth-order valence-corrected chi connectivity index (χ4v) is 1.64. The van der Waals surface area contributed by atoms with Crippen molar-refractivity contribution in [2.45, 2.75) is 45.6 Å². The summed E-state index contributed by atoms with van der Waals surface area (Å²) in [6.07, 6.45) is 1.98. The van der Waals surface area contributed by atoms with E-state index in [9.17, 15) is 4.79 Å². The van der Waals surface area contributed by atoms with Gasteiger partial charge in [-0.3, -0.25) is 4.79 Å². The van der Waals surface area contributed by atoms with Crippen molar-refractivity contribution >= 4 is 5.97 Å². The van der Waals surface area contributed by atoms with E-state index in [1.807, 2.05) is 44.2 Å². The standard InChI is InChI=1S/C14H20O2/c1-4-8-11(2)16-14(15)12(3)13-9-6-5-7-10-13/h5-7,9-12H,4,8H2,1-3H3. The second-order valence-electron chi connectivity index (χ2n) is 4.17. The van der Waals surface area contributed by atoms with Gasteiger partial charge in [0.15, 0.2) is 0 Å². The Hall–Kier alpha value is -1.31. The van der Waals surface area contributed by atoms with Crippen LogP contribution in [0.2, 0.25) is 0 Å². The van der Waals surface area contributed by atoms with Crippen LogP contribution in [0.5, 0.6) is 0 Å². The van der Waals surface area contributed by atoms with E-state index >= 15 is 0 Å². The lowest BCUT2D eigenvalue weighted by Crippen LogP contribution is -2.19. The van der Waals surface area contributed by atoms with Gasteiger partial charge in [0, 0.05) is 0 Å². The number of hydrogen-bond donors (Lipinski definition) is 0. The van der Waals surface area contributed by atoms with Crippen molar-refractivity contribution < 1.29 is 9.53 Å². The summed E-state index contributed by atoms with van der Waals surface area (Å²) in [5.74, 6) is -0.312. The van der Waals surface area contributed by atoms with Crippen molar-refractivity contribution in [2.24, 2.45) is 0 Å². The van der Waals surface area contributed by atoms with Crippen molar-refractivity contribution in [3.8, 4) is 0 Å². The van der Waals surface area contributed by atoms with Crippen LogP contribution < -0.4 is 0 Å². The normalized spacial score (nSPS) is 14.2. The van der Waals surface area contributed by atoms with E-state index in [0.717, 1.165) is 18.4 Å². The van der Waals surface area contributed by atoms with Gasteiger partial charge in [0.05, 0.1) is 12.0 Å². The zero-order valence-corrected chi connectivity index (χ0v) is 10.3. The zero-order valence-electron chi connectivity index (χ0n) is 10.3. The fourth-order valence-electron chi connectivity index (χ4n) is 1.64. The molecule has 0 spiro atoms. The first-order valence-electron chi connectivity index (χ1n) is 5.90. The molecule has 0 amide bonds. The molecule has 0 saturated heterocycles. The van der Waals surface area contributed by atoms with E-state index in [4.69, 9.17) is 4.74 Å². The molecule has 0 bridgehead atoms. The summed E-state index contributed by atoms with van der Waals surface area (Å²) in [5.41, 5.74) is 1.01. The summed E-state index contributed by atoms with van der Waals surface area (Å²) in [7, 11) is 0. The molecular formula is C14H20O2. The van der Waals surface area contributed by atoms with Crippen molar-refractivity contribution in [3.05, 3.63) is 35.9 Å². The molecule has 0 aliphatic heterocycles. The Kier molecular flexibility index (Phi) is 5.03. The van der Waals surface area contributed by atoms with Gasteiger partial charge < -0.3 is 4.74 Å². The third-order valence-electron chi connectivity index (χ3n) is 2.67. The molecule has 2 unspecified atom stereocenters. The molecule has 2 heteroatoms. The number of rotatable bonds is 5. The Morgan fingerprint density at radius 3 is 2.44 bits per heavy atom. The Morgan fingerprint density at radius 1 is 1.25 bits per heavy atom. The van der Waals surface area contributed by atoms with Gasteiger partial charge in [-0.15, -0.1) is 0 Å². The number of hydrogen-bond acceptors (Lipinski definition) is 2. The highest BCUT2D eigenvalue weighted by molar-refractivity contribution is 5.77. The van der Waals surface area contributed by atoms with Gasteiger partial charge in [0.25, 0.3) is 0 Å². The average molecular weight is 220 g/mol. The van der Waals surface area contributed by atoms with Crippen molar-refractivity contribution in [1.82, 2.24) is 0 Å². The summed E-state index contributed by atoms with van der Waals surface area (Å²) in [4.78, 5) is 11.8. The predicted molar refractivity (Wildman–Crippen MR) is 65.3 cm³/mol. The van der Waals surface area contributed by atoms with Gasteiger partial charge in [0.1, 0.15) is 0 Å². The van der Waals surface area contributed by atoms with Gasteiger partial charge in [0.2, 0.25) is 0 Å². The van der Waals surface area contributed by atoms with Crippen LogP contribution in [-0.4, -0.2) is 12.1 Å². The molecule has 16 heavy (non-hydrogen) atoms. The summed E-state index contributed by atoms with van der Waals surface area (Å²) >= 11 is 0. The molecule has 88 valence electrons. The molecular weight excluding hydrogens is 200 g/mol. The second kappa shape index (κ2) is 6.31. The molecule has 0 N–H and O–H groups in total. The Bertz CT molecular complexity index is 319. The average Bonchev–Trinajstić information content (AvgIpc) is 2.29. The largest absolute Gasteiger partial charge is 0.462 e. The van der Waals surface area contributed by atoms with Crippen LogP contribution in [0, 0.1) is 0 Å². The van der Waals surface area contributed by atoms with E-state index in [-0.39, 0.29) is 18.0 Å². The van der Waals surface area contributed by atoms with Crippen LogP contribution in [0.15, 0.2) is 30.3 Å². The third-order valence-corrected chi connectivity index (χ3v) is 2.67. The predicted octanol–water partition coefficient (Wildman–Crippen LogP) is 3.52. The van der Waals surface area contributed by atoms with E-state index in [1.165, 1.54) is 0 Å². The highest BCUT2D eigenvalue weighted by Crippen LogP contribution is 2.17. The molecule has 0 heterocycles. The number of esters is 1. The van der Waals surface area contributed by atoms with Crippen LogP contribution in [0.4, 0.5) is 0 Å². The van der Waals surface area contributed by atoms with Gasteiger partial charge >= 0.3 is 5.97 Å². The van der Waals surface area contributed by atoms with Crippen molar-refractivity contribution in [3.63, 3.8) is 0 Å². The Labute approximate surface area is 97.6 Å². The molecule has 0 aromatic heterocycles. The SMILES string of the molecule is CCCC(C)OC(=O)C(C)c1ccccc1. The molecule has 0 radical (unpaired) electrons. The molecule has 1 aromatic carbocycles. The lowest BCUT2D eigenvalue weighted by Gasteiger charge is -2.16. The summed E-state index contributed by atoms with van der Waals surface area (Å²) in [6, 6.07) is 9.73. The molecule has 2 atom stereocenters.